The number of carbonyl (C=O) groups is 1. The van der Waals surface area contributed by atoms with Gasteiger partial charge in [-0.2, -0.15) is 13.2 Å². The van der Waals surface area contributed by atoms with Crippen molar-refractivity contribution in [3.8, 4) is 0 Å². The Balaban J connectivity index is 2.24. The third kappa shape index (κ3) is 5.48. The molecule has 12 heteroatoms. The first-order valence-electron chi connectivity index (χ1n) is 8.21. The third-order valence-corrected chi connectivity index (χ3v) is 5.76. The lowest BCUT2D eigenvalue weighted by Crippen LogP contribution is -2.46. The lowest BCUT2D eigenvalue weighted by molar-refractivity contribution is -0.142. The van der Waals surface area contributed by atoms with Gasteiger partial charge in [-0.1, -0.05) is 6.92 Å². The van der Waals surface area contributed by atoms with E-state index in [9.17, 15) is 35.9 Å². The van der Waals surface area contributed by atoms with Gasteiger partial charge in [0.15, 0.2) is 27.0 Å². The standard InChI is InChI=1S/C17H17F4N3O4S/c1-3-12-14(17(19,20)21)23-13(8-22-12)24-15(25)16(2,26)9-29(27,28)11-6-4-10(18)5-7-11/h4-8,26H,3,9H2,1-2H3,(H,23,24,25)/t16-/m0/s1. The van der Waals surface area contributed by atoms with Gasteiger partial charge >= 0.3 is 6.18 Å². The average molecular weight is 435 g/mol. The number of sulfone groups is 1. The van der Waals surface area contributed by atoms with Gasteiger partial charge < -0.3 is 10.4 Å². The molecule has 0 radical (unpaired) electrons. The van der Waals surface area contributed by atoms with E-state index >= 15 is 0 Å². The van der Waals surface area contributed by atoms with Crippen LogP contribution in [0.5, 0.6) is 0 Å². The average Bonchev–Trinajstić information content (AvgIpc) is 2.60. The van der Waals surface area contributed by atoms with Crippen molar-refractivity contribution in [2.45, 2.75) is 36.9 Å². The fourth-order valence-corrected chi connectivity index (χ4v) is 3.96. The highest BCUT2D eigenvalue weighted by Gasteiger charge is 2.39. The Labute approximate surface area is 163 Å². The summed E-state index contributed by atoms with van der Waals surface area (Å²) < 4.78 is 76.8. The first-order valence-corrected chi connectivity index (χ1v) is 9.87. The molecule has 1 atom stereocenters. The number of rotatable bonds is 6. The molecule has 0 saturated heterocycles. The number of amides is 1. The van der Waals surface area contributed by atoms with Crippen LogP contribution in [0, 0.1) is 5.82 Å². The van der Waals surface area contributed by atoms with E-state index in [1.165, 1.54) is 6.92 Å². The van der Waals surface area contributed by atoms with E-state index in [0.717, 1.165) is 37.4 Å². The van der Waals surface area contributed by atoms with E-state index in [0.29, 0.717) is 0 Å². The summed E-state index contributed by atoms with van der Waals surface area (Å²) >= 11 is 0. The molecule has 7 nitrogen and oxygen atoms in total. The van der Waals surface area contributed by atoms with Crippen molar-refractivity contribution in [2.75, 3.05) is 11.1 Å². The van der Waals surface area contributed by atoms with Gasteiger partial charge in [-0.3, -0.25) is 9.78 Å². The van der Waals surface area contributed by atoms with Crippen LogP contribution < -0.4 is 5.32 Å². The lowest BCUT2D eigenvalue weighted by Gasteiger charge is -2.22. The molecule has 0 fully saturated rings. The minimum atomic E-state index is -4.81. The quantitative estimate of drug-likeness (QED) is 0.533. The molecule has 1 amide bonds. The molecule has 2 rings (SSSR count). The Hall–Kier alpha value is -2.60. The molecule has 1 heterocycles. The summed E-state index contributed by atoms with van der Waals surface area (Å²) in [7, 11) is -4.21. The summed E-state index contributed by atoms with van der Waals surface area (Å²) in [5, 5.41) is 12.2. The number of carbonyl (C=O) groups excluding carboxylic acids is 1. The van der Waals surface area contributed by atoms with Crippen LogP contribution in [0.3, 0.4) is 0 Å². The van der Waals surface area contributed by atoms with Gasteiger partial charge in [0, 0.05) is 0 Å². The number of benzene rings is 1. The van der Waals surface area contributed by atoms with Crippen LogP contribution in [0.15, 0.2) is 35.4 Å². The summed E-state index contributed by atoms with van der Waals surface area (Å²) in [6, 6.07) is 3.71. The zero-order chi connectivity index (χ0) is 22.0. The zero-order valence-electron chi connectivity index (χ0n) is 15.3. The molecule has 0 aliphatic heterocycles. The summed E-state index contributed by atoms with van der Waals surface area (Å²) in [4.78, 5) is 18.9. The minimum Gasteiger partial charge on any atom is -0.379 e. The molecule has 0 aliphatic rings. The number of hydrogen-bond acceptors (Lipinski definition) is 6. The molecule has 0 unspecified atom stereocenters. The molecule has 2 aromatic rings. The number of aryl methyl sites for hydroxylation is 1. The molecular weight excluding hydrogens is 418 g/mol. The first-order chi connectivity index (χ1) is 13.3. The predicted molar refractivity (Wildman–Crippen MR) is 94.1 cm³/mol. The van der Waals surface area contributed by atoms with Crippen molar-refractivity contribution in [2.24, 2.45) is 0 Å². The number of alkyl halides is 3. The van der Waals surface area contributed by atoms with Gasteiger partial charge in [0.05, 0.1) is 22.5 Å². The summed E-state index contributed by atoms with van der Waals surface area (Å²) in [5.74, 6) is -3.67. The number of aromatic nitrogens is 2. The molecular formula is C17H17F4N3O4S. The Bertz CT molecular complexity index is 1010. The smallest absolute Gasteiger partial charge is 0.379 e. The second-order valence-electron chi connectivity index (χ2n) is 6.34. The summed E-state index contributed by atoms with van der Waals surface area (Å²) in [5.41, 5.74) is -4.14. The monoisotopic (exact) mass is 435 g/mol. The number of aliphatic hydroxyl groups is 1. The number of anilines is 1. The van der Waals surface area contributed by atoms with Crippen LogP contribution in [0.4, 0.5) is 23.4 Å². The van der Waals surface area contributed by atoms with Crippen molar-refractivity contribution in [1.29, 1.82) is 0 Å². The second-order valence-corrected chi connectivity index (χ2v) is 8.33. The maximum absolute atomic E-state index is 13.1. The number of hydrogen-bond donors (Lipinski definition) is 2. The van der Waals surface area contributed by atoms with Crippen LogP contribution in [-0.4, -0.2) is 40.8 Å². The van der Waals surface area contributed by atoms with Crippen molar-refractivity contribution < 1.29 is 35.9 Å². The molecule has 0 aliphatic carbocycles. The molecule has 2 N–H and O–H groups in total. The highest BCUT2D eigenvalue weighted by molar-refractivity contribution is 7.91. The molecule has 0 saturated carbocycles. The van der Waals surface area contributed by atoms with Gasteiger partial charge in [0.2, 0.25) is 0 Å². The van der Waals surface area contributed by atoms with Gasteiger partial charge in [-0.05, 0) is 37.6 Å². The normalized spacial score (nSPS) is 14.3. The van der Waals surface area contributed by atoms with Crippen LogP contribution in [0.2, 0.25) is 0 Å². The molecule has 0 bridgehead atoms. The number of nitrogens with zero attached hydrogens (tertiary/aromatic N) is 2. The zero-order valence-corrected chi connectivity index (χ0v) is 16.1. The van der Waals surface area contributed by atoms with Crippen LogP contribution in [0.1, 0.15) is 25.2 Å². The van der Waals surface area contributed by atoms with Gasteiger partial charge in [-0.15, -0.1) is 0 Å². The molecule has 1 aromatic carbocycles. The van der Waals surface area contributed by atoms with E-state index < -0.39 is 50.6 Å². The van der Waals surface area contributed by atoms with Crippen molar-refractivity contribution in [3.05, 3.63) is 47.7 Å². The van der Waals surface area contributed by atoms with Crippen molar-refractivity contribution >= 4 is 21.6 Å². The van der Waals surface area contributed by atoms with Gasteiger partial charge in [0.25, 0.3) is 5.91 Å². The van der Waals surface area contributed by atoms with E-state index in [2.05, 4.69) is 9.97 Å². The highest BCUT2D eigenvalue weighted by Crippen LogP contribution is 2.30. The van der Waals surface area contributed by atoms with Crippen LogP contribution in [0.25, 0.3) is 0 Å². The highest BCUT2D eigenvalue weighted by atomic mass is 32.2. The number of nitrogens with one attached hydrogen (secondary N) is 1. The van der Waals surface area contributed by atoms with Crippen molar-refractivity contribution in [1.82, 2.24) is 9.97 Å². The van der Waals surface area contributed by atoms with E-state index in [4.69, 9.17) is 0 Å². The topological polar surface area (TPSA) is 109 Å². The minimum absolute atomic E-state index is 0.0519. The maximum atomic E-state index is 13.1. The van der Waals surface area contributed by atoms with E-state index in [1.807, 2.05) is 5.32 Å². The lowest BCUT2D eigenvalue weighted by atomic mass is 10.1. The Morgan fingerprint density at radius 2 is 1.79 bits per heavy atom. The SMILES string of the molecule is CCc1ncc(NC(=O)[C@@](C)(O)CS(=O)(=O)c2ccc(F)cc2)nc1C(F)(F)F. The third-order valence-electron chi connectivity index (χ3n) is 3.83. The van der Waals surface area contributed by atoms with Gasteiger partial charge in [0.1, 0.15) is 5.82 Å². The number of halogens is 4. The van der Waals surface area contributed by atoms with Crippen LogP contribution in [-0.2, 0) is 27.2 Å². The fourth-order valence-electron chi connectivity index (χ4n) is 2.37. The van der Waals surface area contributed by atoms with E-state index in [-0.39, 0.29) is 17.0 Å². The fraction of sp³-hybridized carbons (Fsp3) is 0.353. The second kappa shape index (κ2) is 8.03. The maximum Gasteiger partial charge on any atom is 0.435 e. The Morgan fingerprint density at radius 1 is 1.21 bits per heavy atom. The summed E-state index contributed by atoms with van der Waals surface area (Å²) in [6.07, 6.45) is -3.99. The molecule has 1 aromatic heterocycles. The predicted octanol–water partition coefficient (Wildman–Crippen LogP) is 2.36. The molecule has 29 heavy (non-hydrogen) atoms. The Morgan fingerprint density at radius 3 is 2.31 bits per heavy atom. The van der Waals surface area contributed by atoms with Crippen molar-refractivity contribution in [3.63, 3.8) is 0 Å². The van der Waals surface area contributed by atoms with E-state index in [1.54, 1.807) is 0 Å². The molecule has 0 spiro atoms. The Kier molecular flexibility index (Phi) is 6.28. The first kappa shape index (κ1) is 22.7. The largest absolute Gasteiger partial charge is 0.435 e. The molecule has 158 valence electrons. The summed E-state index contributed by atoms with van der Waals surface area (Å²) in [6.45, 7) is 2.32. The van der Waals surface area contributed by atoms with Crippen LogP contribution >= 0.6 is 0 Å². The van der Waals surface area contributed by atoms with Gasteiger partial charge in [-0.25, -0.2) is 17.8 Å².